The average Bonchev–Trinajstić information content (AvgIpc) is 2.90. The molecule has 4 rings (SSSR count). The molecule has 1 N–H and O–H groups in total. The normalized spacial score (nSPS) is 14.1. The summed E-state index contributed by atoms with van der Waals surface area (Å²) in [5.41, 5.74) is 5.74. The van der Waals surface area contributed by atoms with Gasteiger partial charge in [0.05, 0.1) is 39.1 Å². The number of carbonyl (C=O) groups excluding carboxylic acids is 1. The molecule has 0 spiro atoms. The minimum Gasteiger partial charge on any atom is -0.345 e. The van der Waals surface area contributed by atoms with Crippen molar-refractivity contribution in [2.24, 2.45) is 0 Å². The van der Waals surface area contributed by atoms with E-state index in [9.17, 15) is 4.79 Å². The van der Waals surface area contributed by atoms with Crippen LogP contribution >= 0.6 is 0 Å². The second-order valence-corrected chi connectivity index (χ2v) is 6.75. The fraction of sp³-hybridized carbons (Fsp3) is 0.222. The quantitative estimate of drug-likeness (QED) is 0.739. The van der Waals surface area contributed by atoms with E-state index >= 15 is 0 Å². The van der Waals surface area contributed by atoms with E-state index in [-0.39, 0.29) is 5.91 Å². The van der Waals surface area contributed by atoms with Gasteiger partial charge in [-0.3, -0.25) is 13.7 Å². The number of nitrogens with one attached hydrogen (secondary N) is 1. The number of rotatable bonds is 2. The largest absolute Gasteiger partial charge is 0.345 e. The SMILES string of the molecule is C[N+](C)(C)c1ccc(-c2nc3cccc4n3c2CNC4=O)cc1. The number of amides is 1. The van der Waals surface area contributed by atoms with E-state index in [1.54, 1.807) is 0 Å². The molecule has 2 aromatic heterocycles. The van der Waals surface area contributed by atoms with E-state index in [0.29, 0.717) is 12.2 Å². The third kappa shape index (κ3) is 2.12. The number of aromatic nitrogens is 2. The Kier molecular flexibility index (Phi) is 2.83. The highest BCUT2D eigenvalue weighted by atomic mass is 16.2. The van der Waals surface area contributed by atoms with Crippen molar-refractivity contribution in [2.75, 3.05) is 21.1 Å². The van der Waals surface area contributed by atoms with E-state index in [1.807, 2.05) is 22.6 Å². The zero-order chi connectivity index (χ0) is 16.2. The predicted molar refractivity (Wildman–Crippen MR) is 91.4 cm³/mol. The number of hydrogen-bond donors (Lipinski definition) is 1. The summed E-state index contributed by atoms with van der Waals surface area (Å²) in [6, 6.07) is 14.1. The Morgan fingerprint density at radius 2 is 1.83 bits per heavy atom. The van der Waals surface area contributed by atoms with Gasteiger partial charge in [0.25, 0.3) is 5.91 Å². The summed E-state index contributed by atoms with van der Waals surface area (Å²) in [5.74, 6) is -0.0487. The number of nitrogens with zero attached hydrogens (tertiary/aromatic N) is 3. The van der Waals surface area contributed by atoms with Crippen molar-refractivity contribution in [3.8, 4) is 11.3 Å². The molecule has 3 aromatic rings. The molecule has 116 valence electrons. The molecule has 1 aliphatic rings. The summed E-state index contributed by atoms with van der Waals surface area (Å²) in [6.07, 6.45) is 0. The van der Waals surface area contributed by atoms with Crippen LogP contribution in [-0.2, 0) is 6.54 Å². The van der Waals surface area contributed by atoms with Crippen LogP contribution in [0, 0.1) is 0 Å². The predicted octanol–water partition coefficient (Wildman–Crippen LogP) is 2.44. The molecule has 0 fully saturated rings. The van der Waals surface area contributed by atoms with Crippen LogP contribution in [0.5, 0.6) is 0 Å². The van der Waals surface area contributed by atoms with Crippen LogP contribution in [0.15, 0.2) is 42.5 Å². The van der Waals surface area contributed by atoms with E-state index in [2.05, 4.69) is 50.7 Å². The van der Waals surface area contributed by atoms with Crippen molar-refractivity contribution in [1.29, 1.82) is 0 Å². The fourth-order valence-electron chi connectivity index (χ4n) is 3.05. The van der Waals surface area contributed by atoms with E-state index in [4.69, 9.17) is 4.98 Å². The van der Waals surface area contributed by atoms with Gasteiger partial charge in [0.15, 0.2) is 0 Å². The number of benzene rings is 1. The smallest absolute Gasteiger partial charge is 0.268 e. The highest BCUT2D eigenvalue weighted by Crippen LogP contribution is 2.29. The molecule has 0 atom stereocenters. The molecule has 0 bridgehead atoms. The topological polar surface area (TPSA) is 46.4 Å². The number of pyridine rings is 1. The van der Waals surface area contributed by atoms with Gasteiger partial charge in [0.2, 0.25) is 0 Å². The van der Waals surface area contributed by atoms with Crippen LogP contribution in [-0.4, -0.2) is 36.4 Å². The first-order valence-corrected chi connectivity index (χ1v) is 7.66. The zero-order valence-electron chi connectivity index (χ0n) is 13.5. The lowest BCUT2D eigenvalue weighted by molar-refractivity contribution is 0.0936. The Balaban J connectivity index is 1.89. The first-order valence-electron chi connectivity index (χ1n) is 7.66. The van der Waals surface area contributed by atoms with Gasteiger partial charge in [0, 0.05) is 5.56 Å². The van der Waals surface area contributed by atoms with Crippen LogP contribution in [0.25, 0.3) is 16.9 Å². The molecular formula is C18H19N4O+. The maximum Gasteiger partial charge on any atom is 0.268 e. The summed E-state index contributed by atoms with van der Waals surface area (Å²) in [7, 11) is 6.43. The summed E-state index contributed by atoms with van der Waals surface area (Å²) in [5, 5.41) is 2.93. The molecule has 1 aromatic carbocycles. The van der Waals surface area contributed by atoms with Crippen molar-refractivity contribution in [2.45, 2.75) is 6.54 Å². The molecule has 0 radical (unpaired) electrons. The summed E-state index contributed by atoms with van der Waals surface area (Å²) in [6.45, 7) is 0.503. The van der Waals surface area contributed by atoms with Crippen LogP contribution in [0.4, 0.5) is 5.69 Å². The molecule has 0 saturated carbocycles. The Bertz CT molecular complexity index is 917. The standard InChI is InChI=1S/C18H18N4O/c1-22(2,3)13-9-7-12(8-10-13)17-15-11-19-18(23)14-5-4-6-16(20-17)21(14)15/h4-10H,11H2,1-3H3/p+1. The Morgan fingerprint density at radius 1 is 1.09 bits per heavy atom. The van der Waals surface area contributed by atoms with Gasteiger partial charge in [-0.15, -0.1) is 0 Å². The third-order valence-electron chi connectivity index (χ3n) is 4.30. The van der Waals surface area contributed by atoms with E-state index in [1.165, 1.54) is 5.69 Å². The first-order chi connectivity index (χ1) is 10.9. The highest BCUT2D eigenvalue weighted by Gasteiger charge is 2.24. The van der Waals surface area contributed by atoms with Gasteiger partial charge < -0.3 is 5.32 Å². The van der Waals surface area contributed by atoms with Gasteiger partial charge >= 0.3 is 0 Å². The minimum atomic E-state index is -0.0487. The molecule has 0 unspecified atom stereocenters. The Labute approximate surface area is 134 Å². The number of hydrogen-bond acceptors (Lipinski definition) is 2. The number of carbonyl (C=O) groups is 1. The maximum absolute atomic E-state index is 12.0. The molecule has 23 heavy (non-hydrogen) atoms. The van der Waals surface area contributed by atoms with Gasteiger partial charge in [-0.25, -0.2) is 4.98 Å². The monoisotopic (exact) mass is 307 g/mol. The fourth-order valence-corrected chi connectivity index (χ4v) is 3.05. The molecule has 5 heteroatoms. The number of quaternary nitrogens is 1. The second kappa shape index (κ2) is 4.67. The summed E-state index contributed by atoms with van der Waals surface area (Å²) < 4.78 is 2.74. The number of imidazole rings is 1. The van der Waals surface area contributed by atoms with Crippen LogP contribution in [0.1, 0.15) is 16.2 Å². The lowest BCUT2D eigenvalue weighted by atomic mass is 10.1. The van der Waals surface area contributed by atoms with Gasteiger partial charge in [-0.1, -0.05) is 6.07 Å². The van der Waals surface area contributed by atoms with Crippen molar-refractivity contribution in [3.63, 3.8) is 0 Å². The van der Waals surface area contributed by atoms with Gasteiger partial charge in [-0.05, 0) is 36.4 Å². The van der Waals surface area contributed by atoms with E-state index in [0.717, 1.165) is 27.1 Å². The lowest BCUT2D eigenvalue weighted by Crippen LogP contribution is -2.34. The van der Waals surface area contributed by atoms with Crippen molar-refractivity contribution < 1.29 is 4.79 Å². The van der Waals surface area contributed by atoms with Gasteiger partial charge in [0.1, 0.15) is 17.0 Å². The van der Waals surface area contributed by atoms with Gasteiger partial charge in [-0.2, -0.15) is 0 Å². The highest BCUT2D eigenvalue weighted by molar-refractivity contribution is 5.95. The summed E-state index contributed by atoms with van der Waals surface area (Å²) >= 11 is 0. The Morgan fingerprint density at radius 3 is 2.52 bits per heavy atom. The summed E-state index contributed by atoms with van der Waals surface area (Å²) in [4.78, 5) is 16.8. The molecule has 1 aliphatic heterocycles. The average molecular weight is 307 g/mol. The second-order valence-electron chi connectivity index (χ2n) is 6.75. The third-order valence-corrected chi connectivity index (χ3v) is 4.30. The minimum absolute atomic E-state index is 0.0487. The van der Waals surface area contributed by atoms with Crippen LogP contribution in [0.2, 0.25) is 0 Å². The Hall–Kier alpha value is -2.66. The molecular weight excluding hydrogens is 288 g/mol. The van der Waals surface area contributed by atoms with Crippen molar-refractivity contribution in [1.82, 2.24) is 19.2 Å². The van der Waals surface area contributed by atoms with Crippen molar-refractivity contribution >= 4 is 17.2 Å². The molecule has 0 aliphatic carbocycles. The molecule has 5 nitrogen and oxygen atoms in total. The lowest BCUT2D eigenvalue weighted by Gasteiger charge is -2.23. The molecule has 1 amide bonds. The van der Waals surface area contributed by atoms with E-state index < -0.39 is 0 Å². The maximum atomic E-state index is 12.0. The molecule has 0 saturated heterocycles. The first kappa shape index (κ1) is 14.0. The van der Waals surface area contributed by atoms with Crippen molar-refractivity contribution in [3.05, 3.63) is 53.9 Å². The van der Waals surface area contributed by atoms with Crippen LogP contribution in [0.3, 0.4) is 0 Å². The van der Waals surface area contributed by atoms with Crippen LogP contribution < -0.4 is 9.80 Å². The zero-order valence-corrected chi connectivity index (χ0v) is 13.5. The molecule has 3 heterocycles.